The van der Waals surface area contributed by atoms with Crippen molar-refractivity contribution in [3.05, 3.63) is 0 Å². The van der Waals surface area contributed by atoms with Crippen molar-refractivity contribution in [1.29, 1.82) is 0 Å². The summed E-state index contributed by atoms with van der Waals surface area (Å²) in [5.74, 6) is -0.730. The Morgan fingerprint density at radius 1 is 0.600 bits per heavy atom. The number of carboxylic acids is 1. The predicted octanol–water partition coefficient (Wildman–Crippen LogP) is 8.46. The van der Waals surface area contributed by atoms with Crippen LogP contribution in [-0.2, 0) is 4.79 Å². The van der Waals surface area contributed by atoms with E-state index < -0.39 is 5.97 Å². The fourth-order valence-corrected chi connectivity index (χ4v) is 4.34. The van der Waals surface area contributed by atoms with Gasteiger partial charge in [0.2, 0.25) is 0 Å². The van der Waals surface area contributed by atoms with Gasteiger partial charge < -0.3 is 10.0 Å². The Kier molecular flexibility index (Phi) is 22.7. The highest BCUT2D eigenvalue weighted by Crippen LogP contribution is 2.18. The molecule has 0 saturated heterocycles. The molecule has 0 radical (unpaired) electrons. The lowest BCUT2D eigenvalue weighted by molar-refractivity contribution is -0.142. The molecule has 3 nitrogen and oxygen atoms in total. The molecule has 0 aliphatic rings. The van der Waals surface area contributed by atoms with Crippen molar-refractivity contribution < 1.29 is 9.90 Å². The molecule has 0 bridgehead atoms. The van der Waals surface area contributed by atoms with Crippen LogP contribution in [-0.4, -0.2) is 36.6 Å². The molecule has 0 amide bonds. The lowest BCUT2D eigenvalue weighted by Crippen LogP contribution is -2.18. The lowest BCUT2D eigenvalue weighted by atomic mass is 9.95. The predicted molar refractivity (Wildman–Crippen MR) is 132 cm³/mol. The van der Waals surface area contributed by atoms with E-state index in [1.54, 1.807) is 0 Å². The number of hydrogen-bond acceptors (Lipinski definition) is 2. The van der Waals surface area contributed by atoms with Gasteiger partial charge >= 0.3 is 5.97 Å². The van der Waals surface area contributed by atoms with Gasteiger partial charge in [-0.15, -0.1) is 0 Å². The summed E-state index contributed by atoms with van der Waals surface area (Å²) in [6.07, 6.45) is 27.5. The molecule has 0 saturated carbocycles. The molecule has 0 aliphatic carbocycles. The van der Waals surface area contributed by atoms with E-state index in [-0.39, 0.29) is 5.92 Å². The zero-order valence-corrected chi connectivity index (χ0v) is 20.9. The lowest BCUT2D eigenvalue weighted by Gasteiger charge is -2.14. The van der Waals surface area contributed by atoms with Crippen molar-refractivity contribution in [1.82, 2.24) is 4.90 Å². The number of nitrogens with zero attached hydrogens (tertiary/aromatic N) is 1. The summed E-state index contributed by atoms with van der Waals surface area (Å²) in [6, 6.07) is 0. The van der Waals surface area contributed by atoms with E-state index in [4.69, 9.17) is 0 Å². The minimum absolute atomic E-state index is 0.133. The van der Waals surface area contributed by atoms with Crippen LogP contribution in [0.4, 0.5) is 0 Å². The molecule has 3 heteroatoms. The third kappa shape index (κ3) is 22.1. The molecule has 1 unspecified atom stereocenters. The van der Waals surface area contributed by atoms with E-state index in [0.29, 0.717) is 0 Å². The monoisotopic (exact) mass is 425 g/mol. The molecule has 30 heavy (non-hydrogen) atoms. The number of hydrogen-bond donors (Lipinski definition) is 1. The highest BCUT2D eigenvalue weighted by atomic mass is 16.4. The number of unbranched alkanes of at least 4 members (excludes halogenated alkanes) is 17. The second-order valence-corrected chi connectivity index (χ2v) is 9.78. The smallest absolute Gasteiger partial charge is 0.306 e. The zero-order valence-electron chi connectivity index (χ0n) is 20.9. The summed E-state index contributed by atoms with van der Waals surface area (Å²) in [6.45, 7) is 3.28. The molecule has 0 fully saturated rings. The summed E-state index contributed by atoms with van der Waals surface area (Å²) in [5.41, 5.74) is 0. The van der Waals surface area contributed by atoms with Gasteiger partial charge in [-0.25, -0.2) is 0 Å². The van der Waals surface area contributed by atoms with Crippen molar-refractivity contribution in [3.8, 4) is 0 Å². The minimum Gasteiger partial charge on any atom is -0.481 e. The van der Waals surface area contributed by atoms with Gasteiger partial charge in [0, 0.05) is 0 Å². The molecule has 1 atom stereocenters. The van der Waals surface area contributed by atoms with Crippen molar-refractivity contribution >= 4 is 5.97 Å². The maximum Gasteiger partial charge on any atom is 0.306 e. The second kappa shape index (κ2) is 23.1. The van der Waals surface area contributed by atoms with Gasteiger partial charge in [0.1, 0.15) is 0 Å². The fourth-order valence-electron chi connectivity index (χ4n) is 4.34. The van der Waals surface area contributed by atoms with Crippen LogP contribution in [0.5, 0.6) is 0 Å². The van der Waals surface area contributed by atoms with E-state index in [1.165, 1.54) is 109 Å². The van der Waals surface area contributed by atoms with Gasteiger partial charge in [-0.3, -0.25) is 4.79 Å². The van der Waals surface area contributed by atoms with Crippen LogP contribution < -0.4 is 0 Å². The van der Waals surface area contributed by atoms with Gasteiger partial charge in [-0.2, -0.15) is 0 Å². The molecular weight excluding hydrogens is 370 g/mol. The third-order valence-corrected chi connectivity index (χ3v) is 6.41. The van der Waals surface area contributed by atoms with Gasteiger partial charge in [0.05, 0.1) is 5.92 Å². The molecule has 0 spiro atoms. The van der Waals surface area contributed by atoms with Crippen LogP contribution in [0.25, 0.3) is 0 Å². The first kappa shape index (κ1) is 29.4. The van der Waals surface area contributed by atoms with Gasteiger partial charge in [-0.1, -0.05) is 122 Å². The van der Waals surface area contributed by atoms with Crippen LogP contribution in [0.1, 0.15) is 142 Å². The zero-order chi connectivity index (χ0) is 22.3. The first-order valence-corrected chi connectivity index (χ1v) is 13.5. The molecule has 0 aliphatic heterocycles. The molecule has 0 rings (SSSR count). The van der Waals surface area contributed by atoms with E-state index in [2.05, 4.69) is 11.8 Å². The summed E-state index contributed by atoms with van der Waals surface area (Å²) in [7, 11) is 4.10. The van der Waals surface area contributed by atoms with Crippen LogP contribution in [0.15, 0.2) is 0 Å². The molecule has 0 aromatic heterocycles. The van der Waals surface area contributed by atoms with Gasteiger partial charge in [0.15, 0.2) is 0 Å². The number of aliphatic carboxylic acids is 1. The number of carbonyl (C=O) groups is 1. The Morgan fingerprint density at radius 3 is 1.27 bits per heavy atom. The Hall–Kier alpha value is -0.570. The standard InChI is InChI=1S/C27H55NO2/c1-4-5-6-7-8-9-10-11-12-13-14-15-16-17-18-19-20-21-23-26(27(29)30)24-22-25-28(2)3/h26H,4-25H2,1-3H3,(H,29,30). The molecular formula is C27H55NO2. The van der Waals surface area contributed by atoms with E-state index in [1.807, 2.05) is 14.1 Å². The largest absolute Gasteiger partial charge is 0.481 e. The van der Waals surface area contributed by atoms with Crippen molar-refractivity contribution in [2.45, 2.75) is 142 Å². The van der Waals surface area contributed by atoms with Crippen LogP contribution >= 0.6 is 0 Å². The third-order valence-electron chi connectivity index (χ3n) is 6.41. The summed E-state index contributed by atoms with van der Waals surface area (Å²) in [5, 5.41) is 9.37. The first-order valence-electron chi connectivity index (χ1n) is 13.5. The van der Waals surface area contributed by atoms with E-state index in [0.717, 1.165) is 32.2 Å². The normalized spacial score (nSPS) is 12.5. The first-order chi connectivity index (χ1) is 14.6. The highest BCUT2D eigenvalue weighted by molar-refractivity contribution is 5.69. The Bertz CT molecular complexity index is 357. The van der Waals surface area contributed by atoms with Crippen LogP contribution in [0.3, 0.4) is 0 Å². The van der Waals surface area contributed by atoms with E-state index in [9.17, 15) is 9.90 Å². The molecule has 1 N–H and O–H groups in total. The average Bonchev–Trinajstić information content (AvgIpc) is 2.71. The SMILES string of the molecule is CCCCCCCCCCCCCCCCCCCCC(CCCN(C)C)C(=O)O. The maximum absolute atomic E-state index is 11.4. The topological polar surface area (TPSA) is 40.5 Å². The number of rotatable bonds is 24. The van der Waals surface area contributed by atoms with Crippen LogP contribution in [0.2, 0.25) is 0 Å². The highest BCUT2D eigenvalue weighted by Gasteiger charge is 2.16. The van der Waals surface area contributed by atoms with Gasteiger partial charge in [-0.05, 0) is 39.9 Å². The Labute approximate surface area is 189 Å². The van der Waals surface area contributed by atoms with E-state index >= 15 is 0 Å². The minimum atomic E-state index is -0.597. The quantitative estimate of drug-likeness (QED) is 0.158. The second-order valence-electron chi connectivity index (χ2n) is 9.78. The van der Waals surface area contributed by atoms with Crippen molar-refractivity contribution in [2.24, 2.45) is 5.92 Å². The van der Waals surface area contributed by atoms with Crippen LogP contribution in [0, 0.1) is 5.92 Å². The average molecular weight is 426 g/mol. The summed E-state index contributed by atoms with van der Waals surface area (Å²) < 4.78 is 0. The van der Waals surface area contributed by atoms with Gasteiger partial charge in [0.25, 0.3) is 0 Å². The van der Waals surface area contributed by atoms with Crippen molar-refractivity contribution in [2.75, 3.05) is 20.6 Å². The summed E-state index contributed by atoms with van der Waals surface area (Å²) in [4.78, 5) is 13.5. The molecule has 180 valence electrons. The fraction of sp³-hybridized carbons (Fsp3) is 0.963. The van der Waals surface area contributed by atoms with Crippen molar-refractivity contribution in [3.63, 3.8) is 0 Å². The molecule has 0 aromatic carbocycles. The molecule has 0 aromatic rings. The number of carboxylic acid groups (broad SMARTS) is 1. The molecule has 0 heterocycles. The summed E-state index contributed by atoms with van der Waals surface area (Å²) >= 11 is 0. The maximum atomic E-state index is 11.4. The Balaban J connectivity index is 3.29. The Morgan fingerprint density at radius 2 is 0.933 bits per heavy atom.